The van der Waals surface area contributed by atoms with Crippen LogP contribution in [0, 0.1) is 0 Å². The van der Waals surface area contributed by atoms with Crippen LogP contribution in [0.3, 0.4) is 0 Å². The van der Waals surface area contributed by atoms with Crippen LogP contribution in [0.15, 0.2) is 224 Å². The third-order valence-electron chi connectivity index (χ3n) is 11.3. The highest BCUT2D eigenvalue weighted by atomic mass is 32.1. The maximum Gasteiger partial charge on any atom is 0.164 e. The lowest BCUT2D eigenvalue weighted by Gasteiger charge is -2.14. The molecule has 0 atom stereocenters. The molecule has 4 heteroatoms. The van der Waals surface area contributed by atoms with Crippen LogP contribution in [0.4, 0.5) is 0 Å². The van der Waals surface area contributed by atoms with E-state index in [0.717, 1.165) is 72.3 Å². The van der Waals surface area contributed by atoms with Crippen molar-refractivity contribution >= 4 is 31.5 Å². The van der Waals surface area contributed by atoms with Gasteiger partial charge in [0.15, 0.2) is 17.5 Å². The zero-order valence-electron chi connectivity index (χ0n) is 33.1. The van der Waals surface area contributed by atoms with Gasteiger partial charge in [-0.25, -0.2) is 15.0 Å². The number of benzene rings is 9. The second kappa shape index (κ2) is 15.8. The molecule has 11 aromatic rings. The minimum atomic E-state index is 0.610. The van der Waals surface area contributed by atoms with E-state index >= 15 is 0 Å². The lowest BCUT2D eigenvalue weighted by Crippen LogP contribution is -2.01. The minimum absolute atomic E-state index is 0.610. The van der Waals surface area contributed by atoms with Crippen molar-refractivity contribution in [3.8, 4) is 89.8 Å². The Hall–Kier alpha value is -7.79. The third kappa shape index (κ3) is 7.31. The first-order valence-electron chi connectivity index (χ1n) is 20.5. The van der Waals surface area contributed by atoms with Crippen LogP contribution in [-0.4, -0.2) is 15.0 Å². The molecule has 0 aliphatic heterocycles. The molecule has 11 rings (SSSR count). The van der Waals surface area contributed by atoms with Crippen LogP contribution in [-0.2, 0) is 0 Å². The summed E-state index contributed by atoms with van der Waals surface area (Å²) in [5.41, 5.74) is 13.9. The molecular weight excluding hydrogens is 759 g/mol. The van der Waals surface area contributed by atoms with E-state index in [1.807, 2.05) is 11.3 Å². The van der Waals surface area contributed by atoms with Crippen LogP contribution in [0.2, 0.25) is 0 Å². The number of rotatable bonds is 8. The Morgan fingerprint density at radius 3 is 1.05 bits per heavy atom. The fourth-order valence-electron chi connectivity index (χ4n) is 8.21. The topological polar surface area (TPSA) is 38.7 Å². The number of fused-ring (bicyclic) bond motifs is 3. The summed E-state index contributed by atoms with van der Waals surface area (Å²) in [7, 11) is 0. The van der Waals surface area contributed by atoms with Gasteiger partial charge in [0.2, 0.25) is 0 Å². The Labute approximate surface area is 359 Å². The molecule has 61 heavy (non-hydrogen) atoms. The molecule has 2 heterocycles. The van der Waals surface area contributed by atoms with E-state index < -0.39 is 0 Å². The van der Waals surface area contributed by atoms with E-state index in [1.165, 1.54) is 20.2 Å². The van der Waals surface area contributed by atoms with Gasteiger partial charge in [0, 0.05) is 36.9 Å². The highest BCUT2D eigenvalue weighted by molar-refractivity contribution is 7.25. The summed E-state index contributed by atoms with van der Waals surface area (Å²) in [5, 5.41) is 2.58. The van der Waals surface area contributed by atoms with Crippen molar-refractivity contribution in [1.82, 2.24) is 15.0 Å². The number of nitrogens with zero attached hydrogens (tertiary/aromatic N) is 3. The Morgan fingerprint density at radius 1 is 0.213 bits per heavy atom. The van der Waals surface area contributed by atoms with Crippen molar-refractivity contribution in [3.63, 3.8) is 0 Å². The Balaban J connectivity index is 1.12. The van der Waals surface area contributed by atoms with Gasteiger partial charge in [-0.05, 0) is 110 Å². The summed E-state index contributed by atoms with van der Waals surface area (Å²) in [4.78, 5) is 16.0. The summed E-state index contributed by atoms with van der Waals surface area (Å²) in [6, 6.07) is 79.4. The first-order chi connectivity index (χ1) is 30.2. The van der Waals surface area contributed by atoms with E-state index in [1.54, 1.807) is 0 Å². The molecule has 0 aliphatic rings. The standard InChI is InChI=1S/C57H37N3S/c1-5-16-38(17-6-1)45-31-46(39-18-7-2-8-19-39)34-49(33-45)56-58-55(44-25-15-24-42(30-44)43-28-29-52-51-26-13-14-27-53(51)61-54(52)37-43)59-57(60-56)50-35-47(40-20-9-3-10-21-40)32-48(36-50)41-22-11-4-12-23-41/h1-37H. The van der Waals surface area contributed by atoms with E-state index in [9.17, 15) is 0 Å². The highest BCUT2D eigenvalue weighted by Crippen LogP contribution is 2.39. The first-order valence-corrected chi connectivity index (χ1v) is 21.3. The molecule has 0 aliphatic carbocycles. The van der Waals surface area contributed by atoms with Gasteiger partial charge in [0.25, 0.3) is 0 Å². The van der Waals surface area contributed by atoms with E-state index in [2.05, 4.69) is 224 Å². The summed E-state index contributed by atoms with van der Waals surface area (Å²) >= 11 is 1.84. The number of hydrogen-bond acceptors (Lipinski definition) is 4. The zero-order chi connectivity index (χ0) is 40.5. The molecule has 2 aromatic heterocycles. The lowest BCUT2D eigenvalue weighted by molar-refractivity contribution is 1.07. The van der Waals surface area contributed by atoms with Crippen molar-refractivity contribution < 1.29 is 0 Å². The Kier molecular flexibility index (Phi) is 9.38. The molecule has 0 unspecified atom stereocenters. The highest BCUT2D eigenvalue weighted by Gasteiger charge is 2.18. The van der Waals surface area contributed by atoms with Gasteiger partial charge >= 0.3 is 0 Å². The van der Waals surface area contributed by atoms with Gasteiger partial charge in [-0.2, -0.15) is 0 Å². The zero-order valence-corrected chi connectivity index (χ0v) is 33.9. The number of aromatic nitrogens is 3. The summed E-state index contributed by atoms with van der Waals surface area (Å²) < 4.78 is 2.57. The monoisotopic (exact) mass is 795 g/mol. The summed E-state index contributed by atoms with van der Waals surface area (Å²) in [5.74, 6) is 1.83. The van der Waals surface area contributed by atoms with E-state index in [0.29, 0.717) is 17.5 Å². The normalized spacial score (nSPS) is 11.3. The molecular formula is C57H37N3S. The maximum absolute atomic E-state index is 5.35. The van der Waals surface area contributed by atoms with Gasteiger partial charge in [0.05, 0.1) is 0 Å². The van der Waals surface area contributed by atoms with Gasteiger partial charge in [-0.1, -0.05) is 170 Å². The van der Waals surface area contributed by atoms with Crippen LogP contribution < -0.4 is 0 Å². The maximum atomic E-state index is 5.35. The van der Waals surface area contributed by atoms with Crippen LogP contribution >= 0.6 is 11.3 Å². The van der Waals surface area contributed by atoms with E-state index in [4.69, 9.17) is 15.0 Å². The van der Waals surface area contributed by atoms with Gasteiger partial charge < -0.3 is 0 Å². The second-order valence-electron chi connectivity index (χ2n) is 15.3. The molecule has 0 saturated heterocycles. The van der Waals surface area contributed by atoms with Crippen molar-refractivity contribution in [3.05, 3.63) is 224 Å². The Morgan fingerprint density at radius 2 is 0.557 bits per heavy atom. The van der Waals surface area contributed by atoms with Gasteiger partial charge in [0.1, 0.15) is 0 Å². The fourth-order valence-corrected chi connectivity index (χ4v) is 9.35. The number of thiophene rings is 1. The molecule has 9 aromatic carbocycles. The second-order valence-corrected chi connectivity index (χ2v) is 16.3. The van der Waals surface area contributed by atoms with Gasteiger partial charge in [-0.15, -0.1) is 11.3 Å². The molecule has 0 fully saturated rings. The van der Waals surface area contributed by atoms with Crippen LogP contribution in [0.1, 0.15) is 0 Å². The lowest BCUT2D eigenvalue weighted by atomic mass is 9.95. The van der Waals surface area contributed by atoms with Crippen LogP contribution in [0.5, 0.6) is 0 Å². The molecule has 3 nitrogen and oxygen atoms in total. The molecule has 0 N–H and O–H groups in total. The summed E-state index contributed by atoms with van der Waals surface area (Å²) in [6.07, 6.45) is 0. The van der Waals surface area contributed by atoms with Crippen molar-refractivity contribution in [1.29, 1.82) is 0 Å². The van der Waals surface area contributed by atoms with Crippen molar-refractivity contribution in [2.45, 2.75) is 0 Å². The van der Waals surface area contributed by atoms with Crippen LogP contribution in [0.25, 0.3) is 110 Å². The minimum Gasteiger partial charge on any atom is -0.208 e. The third-order valence-corrected chi connectivity index (χ3v) is 12.4. The quantitative estimate of drug-likeness (QED) is 0.154. The average Bonchev–Trinajstić information content (AvgIpc) is 3.73. The molecule has 0 radical (unpaired) electrons. The number of hydrogen-bond donors (Lipinski definition) is 0. The van der Waals surface area contributed by atoms with Crippen molar-refractivity contribution in [2.24, 2.45) is 0 Å². The van der Waals surface area contributed by atoms with Crippen molar-refractivity contribution in [2.75, 3.05) is 0 Å². The van der Waals surface area contributed by atoms with E-state index in [-0.39, 0.29) is 0 Å². The largest absolute Gasteiger partial charge is 0.208 e. The Bertz CT molecular complexity index is 3080. The molecule has 0 spiro atoms. The predicted molar refractivity (Wildman–Crippen MR) is 256 cm³/mol. The SMILES string of the molecule is c1ccc(-c2cc(-c3ccccc3)cc(-c3nc(-c4cccc(-c5ccc6c(c5)sc5ccccc56)c4)nc(-c4cc(-c5ccccc5)cc(-c5ccccc5)c4)n3)c2)cc1. The average molecular weight is 796 g/mol. The molecule has 0 amide bonds. The first kappa shape index (κ1) is 36.3. The molecule has 0 saturated carbocycles. The smallest absolute Gasteiger partial charge is 0.164 e. The molecule has 0 bridgehead atoms. The predicted octanol–water partition coefficient (Wildman–Crippen LogP) is 15.6. The van der Waals surface area contributed by atoms with Gasteiger partial charge in [-0.3, -0.25) is 0 Å². The summed E-state index contributed by atoms with van der Waals surface area (Å²) in [6.45, 7) is 0. The molecule has 286 valence electrons. The fraction of sp³-hybridized carbons (Fsp3) is 0.